The van der Waals surface area contributed by atoms with Crippen molar-refractivity contribution in [3.8, 4) is 0 Å². The fourth-order valence-electron chi connectivity index (χ4n) is 5.07. The molecule has 0 radical (unpaired) electrons. The lowest BCUT2D eigenvalue weighted by Crippen LogP contribution is -2.53. The molecule has 2 aromatic heterocycles. The van der Waals surface area contributed by atoms with Crippen LogP contribution in [0.2, 0.25) is 13.1 Å². The second-order valence-corrected chi connectivity index (χ2v) is 12.5. The maximum atomic E-state index is 2.61. The number of imidazole rings is 1. The summed E-state index contributed by atoms with van der Waals surface area (Å²) in [5, 5.41) is 5.99. The highest BCUT2D eigenvalue weighted by Gasteiger charge is 2.42. The van der Waals surface area contributed by atoms with E-state index < -0.39 is 8.07 Å². The van der Waals surface area contributed by atoms with E-state index >= 15 is 0 Å². The molecule has 0 spiro atoms. The lowest BCUT2D eigenvalue weighted by Gasteiger charge is -2.27. The summed E-state index contributed by atoms with van der Waals surface area (Å²) in [5.74, 6) is 0. The Labute approximate surface area is 136 Å². The molecule has 0 aliphatic carbocycles. The molecule has 6 rings (SSSR count). The zero-order valence-electron chi connectivity index (χ0n) is 13.8. The number of hydrogen-bond donors (Lipinski definition) is 0. The fourth-order valence-corrected chi connectivity index (χ4v) is 7.94. The van der Waals surface area contributed by atoms with E-state index in [4.69, 9.17) is 0 Å². The highest BCUT2D eigenvalue weighted by Crippen LogP contribution is 2.37. The largest absolute Gasteiger partial charge is 0.295 e. The number of hydrogen-bond acceptors (Lipinski definition) is 0. The Bertz CT molecular complexity index is 1200. The quantitative estimate of drug-likeness (QED) is 0.236. The van der Waals surface area contributed by atoms with E-state index in [1.54, 1.807) is 10.9 Å². The van der Waals surface area contributed by atoms with E-state index in [1.807, 2.05) is 0 Å². The SMILES string of the molecule is Cc1c2[n+]3c4c(cccc4c4cccc5c4c3n1C5)[Si](C)(C)C2. The zero-order chi connectivity index (χ0) is 15.5. The first kappa shape index (κ1) is 12.3. The van der Waals surface area contributed by atoms with E-state index in [2.05, 4.69) is 65.4 Å². The molecule has 0 atom stereocenters. The zero-order valence-corrected chi connectivity index (χ0v) is 14.8. The average Bonchev–Trinajstić information content (AvgIpc) is 3.04. The van der Waals surface area contributed by atoms with Gasteiger partial charge in [0.05, 0.1) is 13.5 Å². The van der Waals surface area contributed by atoms with Gasteiger partial charge < -0.3 is 0 Å². The van der Waals surface area contributed by atoms with E-state index in [0.29, 0.717) is 0 Å². The van der Waals surface area contributed by atoms with Crippen LogP contribution in [0.15, 0.2) is 36.4 Å². The van der Waals surface area contributed by atoms with Crippen molar-refractivity contribution < 1.29 is 4.40 Å². The molecule has 0 saturated heterocycles. The summed E-state index contributed by atoms with van der Waals surface area (Å²) >= 11 is 0. The third kappa shape index (κ3) is 1.19. The molecule has 0 N–H and O–H groups in total. The molecule has 2 aromatic carbocycles. The van der Waals surface area contributed by atoms with E-state index in [-0.39, 0.29) is 0 Å². The van der Waals surface area contributed by atoms with Crippen molar-refractivity contribution in [1.29, 1.82) is 0 Å². The number of para-hydroxylation sites is 1. The summed E-state index contributed by atoms with van der Waals surface area (Å²) in [7, 11) is -1.44. The minimum absolute atomic E-state index is 1.04. The van der Waals surface area contributed by atoms with Gasteiger partial charge in [-0.15, -0.1) is 0 Å². The first-order valence-electron chi connectivity index (χ1n) is 8.48. The van der Waals surface area contributed by atoms with Crippen molar-refractivity contribution in [2.75, 3.05) is 0 Å². The summed E-state index contributed by atoms with van der Waals surface area (Å²) in [4.78, 5) is 0. The van der Waals surface area contributed by atoms with Crippen LogP contribution in [0.1, 0.15) is 17.0 Å². The average molecular weight is 315 g/mol. The molecule has 2 aliphatic rings. The van der Waals surface area contributed by atoms with Crippen LogP contribution in [-0.4, -0.2) is 12.6 Å². The molecule has 112 valence electrons. The maximum Gasteiger partial charge on any atom is 0.295 e. The lowest BCUT2D eigenvalue weighted by atomic mass is 10.0. The highest BCUT2D eigenvalue weighted by molar-refractivity contribution is 6.91. The standard InChI is InChI=1S/C20H19N2Si/c1-12-16-11-23(2,3)17-9-5-8-15-14-7-4-6-13-10-21(12)20(18(13)14)22(16)19(15)17/h4-9H,10-11H2,1-3H3/q+1. The molecule has 0 amide bonds. The number of aromatic nitrogens is 2. The number of nitrogens with zero attached hydrogens (tertiary/aromatic N) is 2. The summed E-state index contributed by atoms with van der Waals surface area (Å²) in [6.07, 6.45) is 0. The predicted octanol–water partition coefficient (Wildman–Crippen LogP) is 3.21. The molecule has 2 aliphatic heterocycles. The molecular formula is C20H19N2Si+. The van der Waals surface area contributed by atoms with Gasteiger partial charge in [-0.05, 0) is 5.19 Å². The van der Waals surface area contributed by atoms with Gasteiger partial charge in [0.2, 0.25) is 0 Å². The fraction of sp³-hybridized carbons (Fsp3) is 0.250. The minimum atomic E-state index is -1.44. The van der Waals surface area contributed by atoms with Crippen LogP contribution in [0.3, 0.4) is 0 Å². The monoisotopic (exact) mass is 315 g/mol. The maximum absolute atomic E-state index is 2.61. The number of pyridine rings is 1. The summed E-state index contributed by atoms with van der Waals surface area (Å²) < 4.78 is 5.16. The number of benzene rings is 2. The molecule has 4 heterocycles. The van der Waals surface area contributed by atoms with Gasteiger partial charge in [0.25, 0.3) is 5.65 Å². The van der Waals surface area contributed by atoms with Gasteiger partial charge in [0.15, 0.2) is 0 Å². The minimum Gasteiger partial charge on any atom is -0.222 e. The molecule has 2 nitrogen and oxygen atoms in total. The Morgan fingerprint density at radius 3 is 2.70 bits per heavy atom. The van der Waals surface area contributed by atoms with Crippen molar-refractivity contribution in [2.45, 2.75) is 32.6 Å². The van der Waals surface area contributed by atoms with Gasteiger partial charge in [-0.1, -0.05) is 49.5 Å². The van der Waals surface area contributed by atoms with Crippen LogP contribution < -0.4 is 9.59 Å². The van der Waals surface area contributed by atoms with E-state index in [1.165, 1.54) is 44.6 Å². The lowest BCUT2D eigenvalue weighted by molar-refractivity contribution is -0.488. The van der Waals surface area contributed by atoms with Crippen molar-refractivity contribution in [1.82, 2.24) is 4.57 Å². The first-order valence-corrected chi connectivity index (χ1v) is 11.7. The second-order valence-electron chi connectivity index (χ2n) is 7.88. The van der Waals surface area contributed by atoms with Gasteiger partial charge in [0.1, 0.15) is 23.4 Å². The van der Waals surface area contributed by atoms with Gasteiger partial charge in [-0.3, -0.25) is 0 Å². The molecule has 0 unspecified atom stereocenters. The predicted molar refractivity (Wildman–Crippen MR) is 97.3 cm³/mol. The number of rotatable bonds is 0. The third-order valence-corrected chi connectivity index (χ3v) is 9.23. The first-order chi connectivity index (χ1) is 11.1. The molecule has 23 heavy (non-hydrogen) atoms. The molecule has 3 heteroatoms. The third-order valence-electron chi connectivity index (χ3n) is 6.15. The van der Waals surface area contributed by atoms with Crippen molar-refractivity contribution in [3.05, 3.63) is 53.3 Å². The second kappa shape index (κ2) is 3.51. The molecule has 0 bridgehead atoms. The smallest absolute Gasteiger partial charge is 0.222 e. The Morgan fingerprint density at radius 1 is 1.04 bits per heavy atom. The van der Waals surface area contributed by atoms with Crippen LogP contribution in [-0.2, 0) is 12.6 Å². The van der Waals surface area contributed by atoms with Gasteiger partial charge in [0, 0.05) is 29.3 Å². The van der Waals surface area contributed by atoms with E-state index in [9.17, 15) is 0 Å². The number of fused-ring (bicyclic) bond motifs is 1. The van der Waals surface area contributed by atoms with Gasteiger partial charge >= 0.3 is 0 Å². The van der Waals surface area contributed by atoms with Crippen molar-refractivity contribution in [3.63, 3.8) is 0 Å². The normalized spacial score (nSPS) is 17.3. The van der Waals surface area contributed by atoms with Gasteiger partial charge in [-0.2, -0.15) is 4.40 Å². The van der Waals surface area contributed by atoms with Crippen LogP contribution in [0.25, 0.3) is 27.3 Å². The Kier molecular flexibility index (Phi) is 1.88. The molecule has 0 saturated carbocycles. The molecule has 0 fully saturated rings. The van der Waals surface area contributed by atoms with Crippen molar-refractivity contribution in [2.24, 2.45) is 0 Å². The van der Waals surface area contributed by atoms with Gasteiger partial charge in [-0.25, -0.2) is 4.57 Å². The highest BCUT2D eigenvalue weighted by atomic mass is 28.3. The molecule has 4 aromatic rings. The Hall–Kier alpha value is -2.13. The van der Waals surface area contributed by atoms with Crippen LogP contribution in [0, 0.1) is 6.92 Å². The topological polar surface area (TPSA) is 9.03 Å². The summed E-state index contributed by atoms with van der Waals surface area (Å²) in [6, 6.07) is 15.1. The summed E-state index contributed by atoms with van der Waals surface area (Å²) in [6.45, 7) is 8.42. The van der Waals surface area contributed by atoms with Crippen LogP contribution >= 0.6 is 0 Å². The summed E-state index contributed by atoms with van der Waals surface area (Å²) in [5.41, 5.74) is 7.46. The van der Waals surface area contributed by atoms with Crippen LogP contribution in [0.4, 0.5) is 0 Å². The Morgan fingerprint density at radius 2 is 1.83 bits per heavy atom. The van der Waals surface area contributed by atoms with Crippen LogP contribution in [0.5, 0.6) is 0 Å². The molecular weight excluding hydrogens is 296 g/mol. The van der Waals surface area contributed by atoms with E-state index in [0.717, 1.165) is 6.54 Å². The Balaban J connectivity index is 2.08. The van der Waals surface area contributed by atoms with Crippen molar-refractivity contribution >= 4 is 40.6 Å².